The topological polar surface area (TPSA) is 6.48 Å². The Morgan fingerprint density at radius 3 is 2.58 bits per heavy atom. The zero-order valence-corrected chi connectivity index (χ0v) is 8.25. The third-order valence-corrected chi connectivity index (χ3v) is 2.62. The highest BCUT2D eigenvalue weighted by Gasteiger charge is 2.24. The molecule has 0 spiro atoms. The van der Waals surface area contributed by atoms with E-state index >= 15 is 0 Å². The van der Waals surface area contributed by atoms with Crippen LogP contribution in [0.4, 0.5) is 0 Å². The maximum absolute atomic E-state index is 5.49. The number of hydrogen-bond donors (Lipinski definition) is 0. The molecule has 2 nitrogen and oxygen atoms in total. The number of hydrogen-bond acceptors (Lipinski definition) is 2. The summed E-state index contributed by atoms with van der Waals surface area (Å²) in [4.78, 5) is 4.62. The molecule has 1 aliphatic heterocycles. The lowest BCUT2D eigenvalue weighted by Gasteiger charge is -2.24. The fraction of sp³-hybridized carbons (Fsp3) is 0.800. The van der Waals surface area contributed by atoms with Crippen LogP contribution in [-0.4, -0.2) is 49.6 Å². The van der Waals surface area contributed by atoms with Gasteiger partial charge in [0.2, 0.25) is 0 Å². The quantitative estimate of drug-likeness (QED) is 0.484. The van der Waals surface area contributed by atoms with Crippen LogP contribution in [0, 0.1) is 18.3 Å². The molecule has 0 N–H and O–H groups in total. The van der Waals surface area contributed by atoms with Crippen LogP contribution in [-0.2, 0) is 0 Å². The van der Waals surface area contributed by atoms with Gasteiger partial charge in [-0.2, -0.15) is 0 Å². The van der Waals surface area contributed by atoms with E-state index in [1.807, 2.05) is 0 Å². The van der Waals surface area contributed by atoms with Crippen molar-refractivity contribution in [3.63, 3.8) is 0 Å². The van der Waals surface area contributed by atoms with Gasteiger partial charge in [0.15, 0.2) is 0 Å². The third-order valence-electron chi connectivity index (χ3n) is 2.62. The van der Waals surface area contributed by atoms with Crippen molar-refractivity contribution >= 4 is 0 Å². The van der Waals surface area contributed by atoms with E-state index in [1.54, 1.807) is 0 Å². The fourth-order valence-corrected chi connectivity index (χ4v) is 1.88. The summed E-state index contributed by atoms with van der Waals surface area (Å²) in [6.07, 6.45) is 5.49. The number of likely N-dealkylation sites (N-methyl/N-ethyl adjacent to an activating group) is 2. The standard InChI is InChI=1S/C10H18N2/c1-5-10-9(2)8-11(3)6-7-12(10)4/h1,9-10H,6-8H2,2-4H3/t9?,10-/m1/s1. The van der Waals surface area contributed by atoms with Crippen LogP contribution in [0.1, 0.15) is 6.92 Å². The van der Waals surface area contributed by atoms with E-state index in [4.69, 9.17) is 6.42 Å². The molecule has 2 atom stereocenters. The minimum absolute atomic E-state index is 0.315. The molecule has 1 rings (SSSR count). The van der Waals surface area contributed by atoms with Gasteiger partial charge in [-0.15, -0.1) is 6.42 Å². The minimum Gasteiger partial charge on any atom is -0.305 e. The molecule has 0 aliphatic carbocycles. The molecule has 0 saturated carbocycles. The smallest absolute Gasteiger partial charge is 0.0748 e. The van der Waals surface area contributed by atoms with Gasteiger partial charge in [0.1, 0.15) is 0 Å². The summed E-state index contributed by atoms with van der Waals surface area (Å²) in [5.74, 6) is 3.44. The van der Waals surface area contributed by atoms with Gasteiger partial charge in [-0.3, -0.25) is 4.90 Å². The van der Waals surface area contributed by atoms with Crippen LogP contribution in [0.2, 0.25) is 0 Å². The molecule has 1 saturated heterocycles. The van der Waals surface area contributed by atoms with Gasteiger partial charge < -0.3 is 4.90 Å². The Bertz CT molecular complexity index is 183. The summed E-state index contributed by atoms with van der Waals surface area (Å²) in [6, 6.07) is 0.315. The van der Waals surface area contributed by atoms with E-state index in [0.29, 0.717) is 12.0 Å². The first-order valence-corrected chi connectivity index (χ1v) is 4.50. The molecule has 0 aromatic carbocycles. The summed E-state index contributed by atoms with van der Waals surface area (Å²) in [5.41, 5.74) is 0. The first-order chi connectivity index (χ1) is 5.65. The minimum atomic E-state index is 0.315. The van der Waals surface area contributed by atoms with Crippen LogP contribution < -0.4 is 0 Å². The van der Waals surface area contributed by atoms with Gasteiger partial charge in [-0.05, 0) is 20.0 Å². The van der Waals surface area contributed by atoms with Gasteiger partial charge >= 0.3 is 0 Å². The van der Waals surface area contributed by atoms with Gasteiger partial charge in [0, 0.05) is 19.6 Å². The fourth-order valence-electron chi connectivity index (χ4n) is 1.88. The monoisotopic (exact) mass is 166 g/mol. The van der Waals surface area contributed by atoms with Crippen molar-refractivity contribution < 1.29 is 0 Å². The molecule has 0 aromatic rings. The van der Waals surface area contributed by atoms with Crippen molar-refractivity contribution in [1.82, 2.24) is 9.80 Å². The van der Waals surface area contributed by atoms with Crippen LogP contribution in [0.5, 0.6) is 0 Å². The molecule has 2 heteroatoms. The molecule has 12 heavy (non-hydrogen) atoms. The molecule has 1 unspecified atom stereocenters. The molecule has 1 fully saturated rings. The number of rotatable bonds is 0. The van der Waals surface area contributed by atoms with Gasteiger partial charge in [0.05, 0.1) is 6.04 Å². The van der Waals surface area contributed by atoms with Crippen molar-refractivity contribution in [2.24, 2.45) is 5.92 Å². The Hall–Kier alpha value is -0.520. The van der Waals surface area contributed by atoms with Crippen LogP contribution >= 0.6 is 0 Å². The average Bonchev–Trinajstić information content (AvgIpc) is 2.12. The second-order valence-electron chi connectivity index (χ2n) is 3.83. The summed E-state index contributed by atoms with van der Waals surface area (Å²) >= 11 is 0. The van der Waals surface area contributed by atoms with Gasteiger partial charge in [0.25, 0.3) is 0 Å². The van der Waals surface area contributed by atoms with Crippen molar-refractivity contribution in [1.29, 1.82) is 0 Å². The third kappa shape index (κ3) is 2.00. The second kappa shape index (κ2) is 3.93. The lowest BCUT2D eigenvalue weighted by Crippen LogP contribution is -2.35. The van der Waals surface area contributed by atoms with E-state index in [1.165, 1.54) is 0 Å². The van der Waals surface area contributed by atoms with Crippen LogP contribution in [0.25, 0.3) is 0 Å². The summed E-state index contributed by atoms with van der Waals surface area (Å²) in [7, 11) is 4.27. The molecular weight excluding hydrogens is 148 g/mol. The zero-order valence-electron chi connectivity index (χ0n) is 8.25. The predicted molar refractivity (Wildman–Crippen MR) is 51.9 cm³/mol. The van der Waals surface area contributed by atoms with E-state index in [-0.39, 0.29) is 0 Å². The summed E-state index contributed by atoms with van der Waals surface area (Å²) in [6.45, 7) is 5.54. The largest absolute Gasteiger partial charge is 0.305 e. The highest BCUT2D eigenvalue weighted by Crippen LogP contribution is 2.13. The molecule has 1 aliphatic rings. The Labute approximate surface area is 75.5 Å². The van der Waals surface area contributed by atoms with Crippen molar-refractivity contribution in [3.8, 4) is 12.3 Å². The molecule has 0 bridgehead atoms. The maximum Gasteiger partial charge on any atom is 0.0748 e. The number of terminal acetylenes is 1. The van der Waals surface area contributed by atoms with Crippen molar-refractivity contribution in [2.75, 3.05) is 33.7 Å². The SMILES string of the molecule is C#C[C@@H]1C(C)CN(C)CCN1C. The lowest BCUT2D eigenvalue weighted by atomic mass is 10.0. The summed E-state index contributed by atoms with van der Waals surface area (Å²) in [5, 5.41) is 0. The molecule has 0 amide bonds. The highest BCUT2D eigenvalue weighted by molar-refractivity contribution is 5.03. The first-order valence-electron chi connectivity index (χ1n) is 4.50. The molecular formula is C10H18N2. The first kappa shape index (κ1) is 9.57. The highest BCUT2D eigenvalue weighted by atomic mass is 15.2. The van der Waals surface area contributed by atoms with Gasteiger partial charge in [-0.25, -0.2) is 0 Å². The average molecular weight is 166 g/mol. The zero-order chi connectivity index (χ0) is 9.14. The van der Waals surface area contributed by atoms with E-state index in [2.05, 4.69) is 36.7 Å². The lowest BCUT2D eigenvalue weighted by molar-refractivity contribution is 0.261. The van der Waals surface area contributed by atoms with E-state index in [0.717, 1.165) is 19.6 Å². The number of nitrogens with zero attached hydrogens (tertiary/aromatic N) is 2. The Morgan fingerprint density at radius 2 is 2.00 bits per heavy atom. The summed E-state index contributed by atoms with van der Waals surface area (Å²) < 4.78 is 0. The van der Waals surface area contributed by atoms with Crippen molar-refractivity contribution in [3.05, 3.63) is 0 Å². The molecule has 1 heterocycles. The Balaban J connectivity index is 2.66. The Morgan fingerprint density at radius 1 is 1.33 bits per heavy atom. The van der Waals surface area contributed by atoms with Crippen LogP contribution in [0.15, 0.2) is 0 Å². The maximum atomic E-state index is 5.49. The second-order valence-corrected chi connectivity index (χ2v) is 3.83. The molecule has 0 aromatic heterocycles. The van der Waals surface area contributed by atoms with E-state index < -0.39 is 0 Å². The molecule has 68 valence electrons. The van der Waals surface area contributed by atoms with Gasteiger partial charge in [-0.1, -0.05) is 12.8 Å². The molecule has 0 radical (unpaired) electrons. The Kier molecular flexibility index (Phi) is 3.13. The van der Waals surface area contributed by atoms with Crippen molar-refractivity contribution in [2.45, 2.75) is 13.0 Å². The van der Waals surface area contributed by atoms with E-state index in [9.17, 15) is 0 Å². The van der Waals surface area contributed by atoms with Crippen LogP contribution in [0.3, 0.4) is 0 Å². The predicted octanol–water partition coefficient (Wildman–Crippen LogP) is 0.502. The normalized spacial score (nSPS) is 34.2.